The second-order valence-corrected chi connectivity index (χ2v) is 9.72. The number of thiophene rings is 1. The zero-order valence-electron chi connectivity index (χ0n) is 18.8. The molecule has 2 nitrogen and oxygen atoms in total. The molecule has 164 valence electrons. The molecule has 0 spiro atoms. The number of hydrogen-bond donors (Lipinski definition) is 0. The average Bonchev–Trinajstić information content (AvgIpc) is 3.32. The number of fused-ring (bicyclic) bond motifs is 5. The van der Waals surface area contributed by atoms with Crippen LogP contribution in [0.3, 0.4) is 0 Å². The molecule has 0 unspecified atom stereocenters. The average molecular weight is 465 g/mol. The van der Waals surface area contributed by atoms with Gasteiger partial charge < -0.3 is 0 Å². The maximum absolute atomic E-state index is 5.17. The monoisotopic (exact) mass is 464 g/mol. The standard InChI is InChI=1S/C32H20N2S/c1-3-9-21(10-4-1)22-15-17-23(18-16-22)31-30-26(33-32(34-31)24-11-5-2-6-12-24)19-20-28-29(30)25-13-7-8-14-27(25)35-28/h1-20H. The third kappa shape index (κ3) is 3.40. The van der Waals surface area contributed by atoms with Gasteiger partial charge in [-0.15, -0.1) is 11.3 Å². The lowest BCUT2D eigenvalue weighted by atomic mass is 9.98. The van der Waals surface area contributed by atoms with Gasteiger partial charge in [-0.1, -0.05) is 103 Å². The molecule has 0 fully saturated rings. The van der Waals surface area contributed by atoms with E-state index in [0.29, 0.717) is 0 Å². The Bertz CT molecular complexity index is 1820. The molecule has 0 saturated carbocycles. The summed E-state index contributed by atoms with van der Waals surface area (Å²) in [5.41, 5.74) is 6.47. The highest BCUT2D eigenvalue weighted by atomic mass is 32.1. The van der Waals surface area contributed by atoms with Gasteiger partial charge in [0.15, 0.2) is 5.82 Å². The van der Waals surface area contributed by atoms with Crippen molar-refractivity contribution in [3.63, 3.8) is 0 Å². The zero-order chi connectivity index (χ0) is 23.2. The molecular formula is C32H20N2S. The molecule has 0 bridgehead atoms. The second kappa shape index (κ2) is 8.15. The van der Waals surface area contributed by atoms with Gasteiger partial charge in [-0.25, -0.2) is 9.97 Å². The van der Waals surface area contributed by atoms with E-state index in [1.54, 1.807) is 0 Å². The van der Waals surface area contributed by atoms with Crippen molar-refractivity contribution in [2.24, 2.45) is 0 Å². The van der Waals surface area contributed by atoms with Crippen LogP contribution in [0.15, 0.2) is 121 Å². The van der Waals surface area contributed by atoms with E-state index < -0.39 is 0 Å². The van der Waals surface area contributed by atoms with Gasteiger partial charge >= 0.3 is 0 Å². The van der Waals surface area contributed by atoms with Crippen LogP contribution in [0.1, 0.15) is 0 Å². The first-order valence-corrected chi connectivity index (χ1v) is 12.5. The summed E-state index contributed by atoms with van der Waals surface area (Å²) in [5, 5.41) is 3.62. The lowest BCUT2D eigenvalue weighted by Gasteiger charge is -2.12. The predicted molar refractivity (Wildman–Crippen MR) is 149 cm³/mol. The first kappa shape index (κ1) is 20.1. The summed E-state index contributed by atoms with van der Waals surface area (Å²) in [6, 6.07) is 42.4. The van der Waals surface area contributed by atoms with Gasteiger partial charge in [0.25, 0.3) is 0 Å². The molecule has 0 aliphatic rings. The quantitative estimate of drug-likeness (QED) is 0.261. The molecule has 7 rings (SSSR count). The molecule has 5 aromatic carbocycles. The van der Waals surface area contributed by atoms with E-state index in [2.05, 4.69) is 97.1 Å². The Labute approximate surface area is 207 Å². The van der Waals surface area contributed by atoms with Crippen molar-refractivity contribution in [1.29, 1.82) is 0 Å². The van der Waals surface area contributed by atoms with E-state index in [0.717, 1.165) is 33.5 Å². The van der Waals surface area contributed by atoms with Crippen LogP contribution in [0.4, 0.5) is 0 Å². The van der Waals surface area contributed by atoms with Crippen molar-refractivity contribution in [2.75, 3.05) is 0 Å². The number of benzene rings is 5. The Morgan fingerprint density at radius 3 is 1.83 bits per heavy atom. The van der Waals surface area contributed by atoms with Gasteiger partial charge in [-0.05, 0) is 29.3 Å². The highest BCUT2D eigenvalue weighted by molar-refractivity contribution is 7.26. The molecule has 0 aliphatic heterocycles. The van der Waals surface area contributed by atoms with E-state index in [9.17, 15) is 0 Å². The fraction of sp³-hybridized carbons (Fsp3) is 0. The maximum atomic E-state index is 5.17. The molecule has 7 aromatic rings. The summed E-state index contributed by atoms with van der Waals surface area (Å²) in [6.07, 6.45) is 0. The van der Waals surface area contributed by atoms with E-state index in [-0.39, 0.29) is 0 Å². The smallest absolute Gasteiger partial charge is 0.160 e. The Balaban J connectivity index is 1.53. The lowest BCUT2D eigenvalue weighted by molar-refractivity contribution is 1.23. The molecule has 0 aliphatic carbocycles. The Morgan fingerprint density at radius 2 is 1.06 bits per heavy atom. The van der Waals surface area contributed by atoms with Crippen LogP contribution in [-0.2, 0) is 0 Å². The first-order chi connectivity index (χ1) is 17.3. The Kier molecular flexibility index (Phi) is 4.68. The van der Waals surface area contributed by atoms with Crippen molar-refractivity contribution in [1.82, 2.24) is 9.97 Å². The molecular weight excluding hydrogens is 444 g/mol. The summed E-state index contributed by atoms with van der Waals surface area (Å²) in [6.45, 7) is 0. The normalized spacial score (nSPS) is 11.4. The fourth-order valence-electron chi connectivity index (χ4n) is 4.82. The predicted octanol–water partition coefficient (Wildman–Crippen LogP) is 9.00. The minimum atomic E-state index is 0.749. The van der Waals surface area contributed by atoms with E-state index in [1.807, 2.05) is 35.6 Å². The van der Waals surface area contributed by atoms with Gasteiger partial charge in [0.05, 0.1) is 11.2 Å². The van der Waals surface area contributed by atoms with Crippen molar-refractivity contribution < 1.29 is 0 Å². The summed E-state index contributed by atoms with van der Waals surface area (Å²) >= 11 is 1.83. The largest absolute Gasteiger partial charge is 0.228 e. The molecule has 0 atom stereocenters. The number of nitrogens with zero attached hydrogens (tertiary/aromatic N) is 2. The Hall–Kier alpha value is -4.34. The van der Waals surface area contributed by atoms with Crippen LogP contribution >= 0.6 is 11.3 Å². The molecule has 2 heterocycles. The van der Waals surface area contributed by atoms with Crippen LogP contribution < -0.4 is 0 Å². The molecule has 0 N–H and O–H groups in total. The molecule has 0 amide bonds. The van der Waals surface area contributed by atoms with E-state index >= 15 is 0 Å². The minimum Gasteiger partial charge on any atom is -0.228 e. The summed E-state index contributed by atoms with van der Waals surface area (Å²) < 4.78 is 2.55. The highest BCUT2D eigenvalue weighted by Gasteiger charge is 2.17. The third-order valence-corrected chi connectivity index (χ3v) is 7.64. The summed E-state index contributed by atoms with van der Waals surface area (Å²) in [5.74, 6) is 0.749. The number of aromatic nitrogens is 2. The van der Waals surface area contributed by atoms with Crippen LogP contribution in [0.5, 0.6) is 0 Å². The van der Waals surface area contributed by atoms with Crippen LogP contribution in [0, 0.1) is 0 Å². The van der Waals surface area contributed by atoms with Gasteiger partial charge in [0.1, 0.15) is 0 Å². The number of rotatable bonds is 3. The second-order valence-electron chi connectivity index (χ2n) is 8.64. The summed E-state index contributed by atoms with van der Waals surface area (Å²) in [7, 11) is 0. The van der Waals surface area contributed by atoms with Crippen molar-refractivity contribution in [3.8, 4) is 33.8 Å². The van der Waals surface area contributed by atoms with Crippen molar-refractivity contribution >= 4 is 42.4 Å². The van der Waals surface area contributed by atoms with E-state index in [1.165, 1.54) is 31.3 Å². The molecule has 35 heavy (non-hydrogen) atoms. The third-order valence-electron chi connectivity index (χ3n) is 6.50. The van der Waals surface area contributed by atoms with Crippen LogP contribution in [-0.4, -0.2) is 9.97 Å². The highest BCUT2D eigenvalue weighted by Crippen LogP contribution is 2.42. The first-order valence-electron chi connectivity index (χ1n) is 11.7. The van der Waals surface area contributed by atoms with E-state index in [4.69, 9.17) is 9.97 Å². The van der Waals surface area contributed by atoms with Gasteiger partial charge in [-0.2, -0.15) is 0 Å². The SMILES string of the molecule is c1ccc(-c2ccc(-c3nc(-c4ccccc4)nc4ccc5sc6ccccc6c5c34)cc2)cc1. The van der Waals surface area contributed by atoms with Gasteiger partial charge in [0, 0.05) is 36.7 Å². The van der Waals surface area contributed by atoms with Crippen LogP contribution in [0.25, 0.3) is 64.8 Å². The maximum Gasteiger partial charge on any atom is 0.160 e. The van der Waals surface area contributed by atoms with Gasteiger partial charge in [-0.3, -0.25) is 0 Å². The van der Waals surface area contributed by atoms with Crippen molar-refractivity contribution in [3.05, 3.63) is 121 Å². The fourth-order valence-corrected chi connectivity index (χ4v) is 5.93. The summed E-state index contributed by atoms with van der Waals surface area (Å²) in [4.78, 5) is 10.2. The van der Waals surface area contributed by atoms with Gasteiger partial charge in [0.2, 0.25) is 0 Å². The molecule has 0 radical (unpaired) electrons. The zero-order valence-corrected chi connectivity index (χ0v) is 19.7. The number of hydrogen-bond acceptors (Lipinski definition) is 3. The Morgan fingerprint density at radius 1 is 0.429 bits per heavy atom. The molecule has 3 heteroatoms. The topological polar surface area (TPSA) is 25.8 Å². The lowest BCUT2D eigenvalue weighted by Crippen LogP contribution is -1.95. The van der Waals surface area contributed by atoms with Crippen molar-refractivity contribution in [2.45, 2.75) is 0 Å². The van der Waals surface area contributed by atoms with Crippen LogP contribution in [0.2, 0.25) is 0 Å². The minimum absolute atomic E-state index is 0.749. The molecule has 2 aromatic heterocycles. The molecule has 0 saturated heterocycles.